The number of hydrogen-bond acceptors (Lipinski definition) is 5. The van der Waals surface area contributed by atoms with E-state index in [1.807, 2.05) is 37.3 Å². The lowest BCUT2D eigenvalue weighted by atomic mass is 10.0. The van der Waals surface area contributed by atoms with Crippen LogP contribution in [0, 0.1) is 20.8 Å². The standard InChI is InChI=1S/C15H13N5O/c1-8-15(9(2)21-19-8)11-4-5-13-12(6-11)16-7-14-18-17-10(3)20(13)14/h4-7H,1-3H3. The van der Waals surface area contributed by atoms with E-state index in [0.29, 0.717) is 0 Å². The third-order valence-corrected chi connectivity index (χ3v) is 3.71. The van der Waals surface area contributed by atoms with E-state index >= 15 is 0 Å². The van der Waals surface area contributed by atoms with Gasteiger partial charge in [-0.25, -0.2) is 0 Å². The van der Waals surface area contributed by atoms with Gasteiger partial charge >= 0.3 is 0 Å². The van der Waals surface area contributed by atoms with Crippen LogP contribution in [0.1, 0.15) is 17.3 Å². The molecule has 0 aliphatic heterocycles. The van der Waals surface area contributed by atoms with Crippen LogP contribution in [-0.2, 0) is 0 Å². The Labute approximate surface area is 120 Å². The average Bonchev–Trinajstić information content (AvgIpc) is 3.02. The van der Waals surface area contributed by atoms with Crippen molar-refractivity contribution < 1.29 is 4.52 Å². The summed E-state index contributed by atoms with van der Waals surface area (Å²) in [6.07, 6.45) is 1.74. The summed E-state index contributed by atoms with van der Waals surface area (Å²) >= 11 is 0. The van der Waals surface area contributed by atoms with E-state index in [4.69, 9.17) is 4.52 Å². The minimum atomic E-state index is 0.755. The SMILES string of the molecule is Cc1noc(C)c1-c1ccc2c(c1)ncc1nnc(C)n12. The predicted molar refractivity (Wildman–Crippen MR) is 78.0 cm³/mol. The van der Waals surface area contributed by atoms with Gasteiger partial charge in [-0.3, -0.25) is 9.38 Å². The van der Waals surface area contributed by atoms with Crippen LogP contribution in [0.25, 0.3) is 27.8 Å². The average molecular weight is 279 g/mol. The second kappa shape index (κ2) is 4.12. The van der Waals surface area contributed by atoms with Gasteiger partial charge in [0.25, 0.3) is 0 Å². The van der Waals surface area contributed by atoms with E-state index in [0.717, 1.165) is 45.1 Å². The van der Waals surface area contributed by atoms with Gasteiger partial charge in [0.1, 0.15) is 11.6 Å². The summed E-state index contributed by atoms with van der Waals surface area (Å²) in [5, 5.41) is 12.2. The zero-order valence-corrected chi connectivity index (χ0v) is 12.0. The second-order valence-electron chi connectivity index (χ2n) is 5.10. The maximum absolute atomic E-state index is 5.24. The molecule has 104 valence electrons. The van der Waals surface area contributed by atoms with Crippen LogP contribution in [0.5, 0.6) is 0 Å². The third kappa shape index (κ3) is 1.65. The van der Waals surface area contributed by atoms with Gasteiger partial charge in [-0.2, -0.15) is 0 Å². The van der Waals surface area contributed by atoms with Crippen LogP contribution in [0.3, 0.4) is 0 Å². The smallest absolute Gasteiger partial charge is 0.179 e. The van der Waals surface area contributed by atoms with Crippen molar-refractivity contribution in [2.45, 2.75) is 20.8 Å². The first kappa shape index (κ1) is 12.0. The molecule has 0 saturated heterocycles. The van der Waals surface area contributed by atoms with Crippen molar-refractivity contribution in [1.82, 2.24) is 24.7 Å². The minimum Gasteiger partial charge on any atom is -0.361 e. The zero-order chi connectivity index (χ0) is 14.6. The van der Waals surface area contributed by atoms with Crippen LogP contribution in [0.15, 0.2) is 28.9 Å². The van der Waals surface area contributed by atoms with E-state index in [9.17, 15) is 0 Å². The van der Waals surface area contributed by atoms with E-state index in [-0.39, 0.29) is 0 Å². The van der Waals surface area contributed by atoms with Gasteiger partial charge in [0, 0.05) is 5.56 Å². The largest absolute Gasteiger partial charge is 0.361 e. The molecule has 0 amide bonds. The third-order valence-electron chi connectivity index (χ3n) is 3.71. The fourth-order valence-electron chi connectivity index (χ4n) is 2.75. The first-order valence-corrected chi connectivity index (χ1v) is 6.69. The molecule has 4 rings (SSSR count). The monoisotopic (exact) mass is 279 g/mol. The van der Waals surface area contributed by atoms with Crippen molar-refractivity contribution in [2.75, 3.05) is 0 Å². The fraction of sp³-hybridized carbons (Fsp3) is 0.200. The number of aromatic nitrogens is 5. The molecule has 0 N–H and O–H groups in total. The van der Waals surface area contributed by atoms with Gasteiger partial charge in [-0.15, -0.1) is 10.2 Å². The molecule has 3 aromatic heterocycles. The Bertz CT molecular complexity index is 963. The van der Waals surface area contributed by atoms with Crippen LogP contribution < -0.4 is 0 Å². The first-order valence-electron chi connectivity index (χ1n) is 6.69. The Balaban J connectivity index is 2.03. The van der Waals surface area contributed by atoms with Crippen molar-refractivity contribution in [3.63, 3.8) is 0 Å². The molecule has 0 saturated carbocycles. The summed E-state index contributed by atoms with van der Waals surface area (Å²) < 4.78 is 7.24. The highest BCUT2D eigenvalue weighted by molar-refractivity contribution is 5.84. The van der Waals surface area contributed by atoms with Crippen molar-refractivity contribution in [1.29, 1.82) is 0 Å². The van der Waals surface area contributed by atoms with Crippen LogP contribution in [0.2, 0.25) is 0 Å². The van der Waals surface area contributed by atoms with E-state index in [1.165, 1.54) is 0 Å². The molecule has 0 fully saturated rings. The molecular formula is C15H13N5O. The quantitative estimate of drug-likeness (QED) is 0.536. The van der Waals surface area contributed by atoms with Crippen LogP contribution >= 0.6 is 0 Å². The zero-order valence-electron chi connectivity index (χ0n) is 12.0. The highest BCUT2D eigenvalue weighted by atomic mass is 16.5. The van der Waals surface area contributed by atoms with Crippen molar-refractivity contribution in [3.05, 3.63) is 41.7 Å². The summed E-state index contributed by atoms with van der Waals surface area (Å²) in [5.74, 6) is 1.66. The van der Waals surface area contributed by atoms with Crippen LogP contribution in [-0.4, -0.2) is 24.7 Å². The van der Waals surface area contributed by atoms with Gasteiger partial charge in [-0.05, 0) is 38.5 Å². The normalized spacial score (nSPS) is 11.6. The minimum absolute atomic E-state index is 0.755. The lowest BCUT2D eigenvalue weighted by molar-refractivity contribution is 0.393. The molecule has 0 bridgehead atoms. The number of rotatable bonds is 1. The Morgan fingerprint density at radius 1 is 1.10 bits per heavy atom. The van der Waals surface area contributed by atoms with Gasteiger partial charge in [0.05, 0.1) is 22.9 Å². The van der Waals surface area contributed by atoms with Crippen molar-refractivity contribution in [2.24, 2.45) is 0 Å². The number of aryl methyl sites for hydroxylation is 3. The lowest BCUT2D eigenvalue weighted by Gasteiger charge is -2.05. The topological polar surface area (TPSA) is 69.1 Å². The fourth-order valence-corrected chi connectivity index (χ4v) is 2.75. The van der Waals surface area contributed by atoms with E-state index in [1.54, 1.807) is 6.20 Å². The number of nitrogens with zero attached hydrogens (tertiary/aromatic N) is 5. The number of benzene rings is 1. The Morgan fingerprint density at radius 2 is 1.95 bits per heavy atom. The lowest BCUT2D eigenvalue weighted by Crippen LogP contribution is -1.94. The maximum Gasteiger partial charge on any atom is 0.179 e. The molecule has 1 aromatic carbocycles. The highest BCUT2D eigenvalue weighted by Gasteiger charge is 2.13. The van der Waals surface area contributed by atoms with Gasteiger partial charge in [0.2, 0.25) is 0 Å². The molecule has 6 nitrogen and oxygen atoms in total. The van der Waals surface area contributed by atoms with Gasteiger partial charge in [0.15, 0.2) is 5.65 Å². The highest BCUT2D eigenvalue weighted by Crippen LogP contribution is 2.29. The summed E-state index contributed by atoms with van der Waals surface area (Å²) in [4.78, 5) is 4.48. The second-order valence-corrected chi connectivity index (χ2v) is 5.10. The summed E-state index contributed by atoms with van der Waals surface area (Å²) in [6.45, 7) is 5.79. The Kier molecular flexibility index (Phi) is 2.35. The van der Waals surface area contributed by atoms with Crippen LogP contribution in [0.4, 0.5) is 0 Å². The molecule has 0 aliphatic rings. The molecule has 0 radical (unpaired) electrons. The molecule has 6 heteroatoms. The molecule has 3 heterocycles. The van der Waals surface area contributed by atoms with Crippen molar-refractivity contribution in [3.8, 4) is 11.1 Å². The Morgan fingerprint density at radius 3 is 2.71 bits per heavy atom. The predicted octanol–water partition coefficient (Wildman–Crippen LogP) is 2.86. The van der Waals surface area contributed by atoms with Gasteiger partial charge < -0.3 is 4.52 Å². The molecule has 0 spiro atoms. The van der Waals surface area contributed by atoms with E-state index < -0.39 is 0 Å². The first-order chi connectivity index (χ1) is 10.1. The Hall–Kier alpha value is -2.76. The molecular weight excluding hydrogens is 266 g/mol. The summed E-state index contributed by atoms with van der Waals surface area (Å²) in [6, 6.07) is 6.13. The number of hydrogen-bond donors (Lipinski definition) is 0. The van der Waals surface area contributed by atoms with Crippen molar-refractivity contribution >= 4 is 16.7 Å². The molecule has 0 atom stereocenters. The maximum atomic E-state index is 5.24. The van der Waals surface area contributed by atoms with Gasteiger partial charge in [-0.1, -0.05) is 11.2 Å². The summed E-state index contributed by atoms with van der Waals surface area (Å²) in [7, 11) is 0. The molecule has 4 aromatic rings. The van der Waals surface area contributed by atoms with E-state index in [2.05, 4.69) is 26.4 Å². The molecule has 21 heavy (non-hydrogen) atoms. The molecule has 0 unspecified atom stereocenters. The summed E-state index contributed by atoms with van der Waals surface area (Å²) in [5.41, 5.74) is 5.60. The number of fused-ring (bicyclic) bond motifs is 3. The molecule has 0 aliphatic carbocycles.